The van der Waals surface area contributed by atoms with Crippen LogP contribution in [0.2, 0.25) is 0 Å². The van der Waals surface area contributed by atoms with E-state index in [9.17, 15) is 0 Å². The van der Waals surface area contributed by atoms with Crippen LogP contribution < -0.4 is 0 Å². The van der Waals surface area contributed by atoms with Crippen LogP contribution >= 0.6 is 0 Å². The van der Waals surface area contributed by atoms with E-state index < -0.39 is 0 Å². The fourth-order valence-corrected chi connectivity index (χ4v) is 2.66. The highest BCUT2D eigenvalue weighted by atomic mass is 14.0. The van der Waals surface area contributed by atoms with Crippen molar-refractivity contribution in [3.8, 4) is 0 Å². The lowest BCUT2D eigenvalue weighted by molar-refractivity contribution is 0.820. The van der Waals surface area contributed by atoms with Crippen LogP contribution in [0.1, 0.15) is 24.0 Å². The van der Waals surface area contributed by atoms with Gasteiger partial charge in [0.15, 0.2) is 0 Å². The molecule has 0 unspecified atom stereocenters. The quantitative estimate of drug-likeness (QED) is 0.537. The first-order valence-corrected chi connectivity index (χ1v) is 7.28. The highest BCUT2D eigenvalue weighted by molar-refractivity contribution is 5.85. The first-order valence-electron chi connectivity index (χ1n) is 7.28. The molecule has 0 nitrogen and oxygen atoms in total. The molecule has 0 aromatic heterocycles. The fraction of sp³-hybridized carbons (Fsp3) is 0.150. The molecule has 0 aliphatic heterocycles. The number of hydrogen-bond acceptors (Lipinski definition) is 0. The second-order valence-corrected chi connectivity index (χ2v) is 5.15. The molecule has 0 fully saturated rings. The Hall–Kier alpha value is -2.08. The SMILES string of the molecule is [CH](CCCc1cccc2ccccc12)c1ccccc1. The summed E-state index contributed by atoms with van der Waals surface area (Å²) in [5.41, 5.74) is 2.79. The summed E-state index contributed by atoms with van der Waals surface area (Å²) in [4.78, 5) is 0. The molecule has 0 amide bonds. The highest BCUT2D eigenvalue weighted by Gasteiger charge is 2.00. The molecule has 3 aromatic rings. The van der Waals surface area contributed by atoms with Crippen molar-refractivity contribution in [2.45, 2.75) is 19.3 Å². The molecule has 0 bridgehead atoms. The maximum absolute atomic E-state index is 2.32. The first-order chi connectivity index (χ1) is 9.93. The highest BCUT2D eigenvalue weighted by Crippen LogP contribution is 2.20. The molecule has 3 rings (SSSR count). The van der Waals surface area contributed by atoms with Crippen molar-refractivity contribution in [2.24, 2.45) is 0 Å². The monoisotopic (exact) mass is 259 g/mol. The van der Waals surface area contributed by atoms with Gasteiger partial charge < -0.3 is 0 Å². The predicted molar refractivity (Wildman–Crippen MR) is 86.7 cm³/mol. The molecule has 0 N–H and O–H groups in total. The van der Waals surface area contributed by atoms with E-state index in [4.69, 9.17) is 0 Å². The van der Waals surface area contributed by atoms with E-state index in [1.165, 1.54) is 28.3 Å². The lowest BCUT2D eigenvalue weighted by atomic mass is 9.99. The molecule has 0 spiro atoms. The van der Waals surface area contributed by atoms with Crippen molar-refractivity contribution >= 4 is 10.8 Å². The molecular weight excluding hydrogens is 240 g/mol. The lowest BCUT2D eigenvalue weighted by Gasteiger charge is -2.06. The van der Waals surface area contributed by atoms with Crippen LogP contribution in [0.15, 0.2) is 72.8 Å². The van der Waals surface area contributed by atoms with E-state index in [1.54, 1.807) is 0 Å². The Morgan fingerprint density at radius 2 is 1.45 bits per heavy atom. The second-order valence-electron chi connectivity index (χ2n) is 5.15. The van der Waals surface area contributed by atoms with Crippen LogP contribution in [0.25, 0.3) is 10.8 Å². The predicted octanol–water partition coefficient (Wildman–Crippen LogP) is 5.42. The van der Waals surface area contributed by atoms with E-state index in [1.807, 2.05) is 0 Å². The van der Waals surface area contributed by atoms with Gasteiger partial charge in [-0.3, -0.25) is 0 Å². The van der Waals surface area contributed by atoms with Crippen molar-refractivity contribution in [1.82, 2.24) is 0 Å². The van der Waals surface area contributed by atoms with Gasteiger partial charge in [-0.1, -0.05) is 72.8 Å². The molecule has 0 saturated heterocycles. The van der Waals surface area contributed by atoms with Gasteiger partial charge in [0.2, 0.25) is 0 Å². The second kappa shape index (κ2) is 6.38. The number of rotatable bonds is 5. The Morgan fingerprint density at radius 1 is 0.700 bits per heavy atom. The Morgan fingerprint density at radius 3 is 2.35 bits per heavy atom. The summed E-state index contributed by atoms with van der Waals surface area (Å²) >= 11 is 0. The van der Waals surface area contributed by atoms with Crippen molar-refractivity contribution in [3.05, 3.63) is 90.3 Å². The fourth-order valence-electron chi connectivity index (χ4n) is 2.66. The summed E-state index contributed by atoms with van der Waals surface area (Å²) in [7, 11) is 0. The maximum Gasteiger partial charge on any atom is -0.00930 e. The summed E-state index contributed by atoms with van der Waals surface area (Å²) in [6.45, 7) is 0. The number of unbranched alkanes of at least 4 members (excludes halogenated alkanes) is 1. The minimum Gasteiger partial charge on any atom is -0.0622 e. The van der Waals surface area contributed by atoms with E-state index in [-0.39, 0.29) is 0 Å². The topological polar surface area (TPSA) is 0 Å². The van der Waals surface area contributed by atoms with E-state index in [0.29, 0.717) is 0 Å². The Labute approximate surface area is 121 Å². The van der Waals surface area contributed by atoms with Gasteiger partial charge in [-0.25, -0.2) is 0 Å². The van der Waals surface area contributed by atoms with Gasteiger partial charge in [0, 0.05) is 0 Å². The number of fused-ring (bicyclic) bond motifs is 1. The van der Waals surface area contributed by atoms with Crippen molar-refractivity contribution in [2.75, 3.05) is 0 Å². The lowest BCUT2D eigenvalue weighted by Crippen LogP contribution is -1.89. The molecule has 0 aliphatic rings. The maximum atomic E-state index is 2.32. The zero-order valence-corrected chi connectivity index (χ0v) is 11.6. The molecule has 0 heteroatoms. The summed E-state index contributed by atoms with van der Waals surface area (Å²) in [6.07, 6.45) is 5.80. The van der Waals surface area contributed by atoms with Gasteiger partial charge >= 0.3 is 0 Å². The van der Waals surface area contributed by atoms with Gasteiger partial charge in [-0.15, -0.1) is 0 Å². The summed E-state index contributed by atoms with van der Waals surface area (Å²) in [5, 5.41) is 2.74. The van der Waals surface area contributed by atoms with E-state index in [0.717, 1.165) is 12.8 Å². The average molecular weight is 259 g/mol. The van der Waals surface area contributed by atoms with Gasteiger partial charge in [-0.05, 0) is 47.6 Å². The minimum absolute atomic E-state index is 1.13. The van der Waals surface area contributed by atoms with E-state index >= 15 is 0 Å². The summed E-state index contributed by atoms with van der Waals surface area (Å²) in [6, 6.07) is 25.8. The normalized spacial score (nSPS) is 10.8. The third-order valence-electron chi connectivity index (χ3n) is 3.71. The van der Waals surface area contributed by atoms with Crippen LogP contribution in [0, 0.1) is 6.42 Å². The van der Waals surface area contributed by atoms with Gasteiger partial charge in [0.05, 0.1) is 0 Å². The Kier molecular flexibility index (Phi) is 4.13. The summed E-state index contributed by atoms with van der Waals surface area (Å²) in [5.74, 6) is 0. The first kappa shape index (κ1) is 12.9. The van der Waals surface area contributed by atoms with Crippen LogP contribution in [-0.2, 0) is 6.42 Å². The molecule has 1 radical (unpaired) electrons. The molecule has 0 heterocycles. The number of hydrogen-bond donors (Lipinski definition) is 0. The van der Waals surface area contributed by atoms with Crippen molar-refractivity contribution < 1.29 is 0 Å². The van der Waals surface area contributed by atoms with E-state index in [2.05, 4.69) is 79.2 Å². The van der Waals surface area contributed by atoms with Gasteiger partial charge in [-0.2, -0.15) is 0 Å². The molecule has 0 aliphatic carbocycles. The van der Waals surface area contributed by atoms with Crippen LogP contribution in [0.3, 0.4) is 0 Å². The zero-order chi connectivity index (χ0) is 13.6. The van der Waals surface area contributed by atoms with Crippen LogP contribution in [0.4, 0.5) is 0 Å². The zero-order valence-electron chi connectivity index (χ0n) is 11.6. The van der Waals surface area contributed by atoms with Crippen LogP contribution in [0.5, 0.6) is 0 Å². The van der Waals surface area contributed by atoms with Crippen molar-refractivity contribution in [3.63, 3.8) is 0 Å². The molecule has 0 saturated carbocycles. The Bertz CT molecular complexity index is 662. The largest absolute Gasteiger partial charge is 0.0622 e. The third-order valence-corrected chi connectivity index (χ3v) is 3.71. The van der Waals surface area contributed by atoms with Gasteiger partial charge in [0.25, 0.3) is 0 Å². The summed E-state index contributed by atoms with van der Waals surface area (Å²) < 4.78 is 0. The minimum atomic E-state index is 1.13. The molecule has 20 heavy (non-hydrogen) atoms. The van der Waals surface area contributed by atoms with Gasteiger partial charge in [0.1, 0.15) is 0 Å². The average Bonchev–Trinajstić information content (AvgIpc) is 2.53. The van der Waals surface area contributed by atoms with Crippen molar-refractivity contribution in [1.29, 1.82) is 0 Å². The number of aryl methyl sites for hydroxylation is 1. The Balaban J connectivity index is 1.60. The molecule has 3 aromatic carbocycles. The molecule has 0 atom stereocenters. The smallest absolute Gasteiger partial charge is 0.00930 e. The molecule has 99 valence electrons. The number of benzene rings is 3. The standard InChI is InChI=1S/C20H19/c1-2-9-17(10-3-1)11-4-5-12-18-14-8-15-19-13-6-7-16-20(18)19/h1-3,6-11,13-16H,4-5,12H2. The third kappa shape index (κ3) is 3.08. The van der Waals surface area contributed by atoms with Crippen LogP contribution in [-0.4, -0.2) is 0 Å². The molecular formula is C20H19.